The maximum atomic E-state index is 12.9. The number of esters is 1. The van der Waals surface area contributed by atoms with Gasteiger partial charge in [0.1, 0.15) is 11.4 Å². The Bertz CT molecular complexity index is 1490. The van der Waals surface area contributed by atoms with Crippen LogP contribution in [-0.2, 0) is 24.7 Å². The Hall–Kier alpha value is -2.85. The molecule has 0 aliphatic heterocycles. The van der Waals surface area contributed by atoms with Crippen LogP contribution in [0.3, 0.4) is 0 Å². The van der Waals surface area contributed by atoms with Crippen molar-refractivity contribution in [2.45, 2.75) is 96.4 Å². The van der Waals surface area contributed by atoms with E-state index in [9.17, 15) is 29.7 Å². The third kappa shape index (κ3) is 6.68. The molecule has 9 nitrogen and oxygen atoms in total. The van der Waals surface area contributed by atoms with Crippen LogP contribution in [0.2, 0.25) is 0 Å². The fourth-order valence-corrected chi connectivity index (χ4v) is 10.7. The molecule has 5 aliphatic carbocycles. The fraction of sp³-hybridized carbons (Fsp3) is 0.675. The highest BCUT2D eigenvalue weighted by atomic mass is 16.5. The number of methoxy groups -OCH3 is 1. The quantitative estimate of drug-likeness (QED) is 0.340. The van der Waals surface area contributed by atoms with Crippen molar-refractivity contribution in [2.75, 3.05) is 34.4 Å². The molecule has 6 rings (SSSR count). The lowest BCUT2D eigenvalue weighted by Crippen LogP contribution is -2.62. The van der Waals surface area contributed by atoms with Gasteiger partial charge in [0.15, 0.2) is 12.4 Å². The monoisotopic (exact) mass is 679 g/mol. The first-order valence-electron chi connectivity index (χ1n) is 18.0. The minimum Gasteiger partial charge on any atom is -0.497 e. The third-order valence-electron chi connectivity index (χ3n) is 13.0. The van der Waals surface area contributed by atoms with Crippen LogP contribution in [0.4, 0.5) is 0 Å². The number of carbonyl (C=O) groups is 3. The summed E-state index contributed by atoms with van der Waals surface area (Å²) in [7, 11) is 5.81. The predicted molar refractivity (Wildman–Crippen MR) is 187 cm³/mol. The van der Waals surface area contributed by atoms with Gasteiger partial charge in [-0.1, -0.05) is 57.4 Å². The number of aliphatic hydroxyl groups is 3. The van der Waals surface area contributed by atoms with E-state index >= 15 is 0 Å². The van der Waals surface area contributed by atoms with Gasteiger partial charge < -0.3 is 29.7 Å². The fourth-order valence-electron chi connectivity index (χ4n) is 10.7. The summed E-state index contributed by atoms with van der Waals surface area (Å²) in [5.74, 6) is 0.402. The average Bonchev–Trinajstić information content (AvgIpc) is 3.32. The number of hydrogen-bond donors (Lipinski definition) is 3. The number of nitrogens with zero attached hydrogens (tertiary/aromatic N) is 1. The predicted octanol–water partition coefficient (Wildman–Crippen LogP) is 5.01. The van der Waals surface area contributed by atoms with Gasteiger partial charge in [-0.15, -0.1) is 0 Å². The maximum absolute atomic E-state index is 12.9. The second-order valence-corrected chi connectivity index (χ2v) is 16.2. The van der Waals surface area contributed by atoms with E-state index in [1.54, 1.807) is 19.3 Å². The molecule has 10 atom stereocenters. The molecule has 0 bridgehead atoms. The molecule has 4 fully saturated rings. The summed E-state index contributed by atoms with van der Waals surface area (Å²) in [6, 6.07) is 7.90. The van der Waals surface area contributed by atoms with E-state index in [0.29, 0.717) is 25.2 Å². The Morgan fingerprint density at radius 2 is 1.82 bits per heavy atom. The van der Waals surface area contributed by atoms with Crippen molar-refractivity contribution in [1.82, 2.24) is 4.90 Å². The third-order valence-corrected chi connectivity index (χ3v) is 13.0. The van der Waals surface area contributed by atoms with Gasteiger partial charge in [0, 0.05) is 36.1 Å². The largest absolute Gasteiger partial charge is 0.497 e. The molecule has 0 amide bonds. The summed E-state index contributed by atoms with van der Waals surface area (Å²) in [5.41, 5.74) is -1.43. The molecule has 270 valence electrons. The van der Waals surface area contributed by atoms with Crippen LogP contribution < -0.4 is 4.74 Å². The minimum absolute atomic E-state index is 0.00535. The number of fused-ring (bicyclic) bond motifs is 5. The molecule has 5 aliphatic rings. The molecule has 0 spiro atoms. The van der Waals surface area contributed by atoms with E-state index in [0.717, 1.165) is 49.1 Å². The molecule has 0 aromatic heterocycles. The lowest BCUT2D eigenvalue weighted by atomic mass is 9.45. The van der Waals surface area contributed by atoms with Crippen LogP contribution in [0, 0.1) is 40.4 Å². The summed E-state index contributed by atoms with van der Waals surface area (Å²) in [4.78, 5) is 38.3. The van der Waals surface area contributed by atoms with Gasteiger partial charge in [0.2, 0.25) is 5.78 Å². The Morgan fingerprint density at radius 1 is 1.08 bits per heavy atom. The SMILES string of the molecule is CC(=O)OCC(=O)[C@@]1(O)CC[C@H]2[C@@H]3C[C@H](C)C4=CC(=O)C=C[C@]4(C)[C@H]3[C@@H](O)C[C@@]21C.COc1cccc([C@@]2(O)CCCC[C@@H]2CN(C)C)c1. The first-order valence-corrected chi connectivity index (χ1v) is 18.0. The Morgan fingerprint density at radius 3 is 2.49 bits per heavy atom. The summed E-state index contributed by atoms with van der Waals surface area (Å²) >= 11 is 0. The number of allylic oxidation sites excluding steroid dienone is 4. The number of rotatable bonds is 7. The molecule has 49 heavy (non-hydrogen) atoms. The molecule has 1 aromatic rings. The van der Waals surface area contributed by atoms with Crippen LogP contribution in [0.15, 0.2) is 48.1 Å². The zero-order valence-electron chi connectivity index (χ0n) is 30.4. The Labute approximate surface area is 291 Å². The highest BCUT2D eigenvalue weighted by Crippen LogP contribution is 2.67. The highest BCUT2D eigenvalue weighted by molar-refractivity contribution is 6.01. The van der Waals surface area contributed by atoms with Crippen LogP contribution in [0.5, 0.6) is 5.75 Å². The normalized spacial score (nSPS) is 39.5. The van der Waals surface area contributed by atoms with Crippen molar-refractivity contribution < 1.29 is 39.2 Å². The van der Waals surface area contributed by atoms with Crippen LogP contribution in [-0.4, -0.2) is 83.8 Å². The second-order valence-electron chi connectivity index (χ2n) is 16.2. The zero-order chi connectivity index (χ0) is 35.9. The number of ketones is 2. The molecule has 0 radical (unpaired) electrons. The molecule has 3 N–H and O–H groups in total. The standard InChI is InChI=1S/C24H32O6.C16H25NO2/c1-13-9-16-17-6-8-24(29,20(28)12-30-14(2)25)23(17,4)11-19(27)21(16)22(3)7-5-15(26)10-18(13)22;1-17(2)12-14-7-4-5-10-16(14,18)13-8-6-9-15(11-13)19-3/h5,7,10,13,16-17,19,21,27,29H,6,8-9,11-12H2,1-4H3;6,8-9,11,14,18H,4-5,7,10,12H2,1-3H3/t13-,16-,17-,19-,21+,22-,23-,24-;14-,16+/m01/s1. The molecule has 0 heterocycles. The first-order chi connectivity index (χ1) is 23.0. The van der Waals surface area contributed by atoms with E-state index in [2.05, 4.69) is 32.8 Å². The number of carbonyl (C=O) groups excluding carboxylic acids is 3. The van der Waals surface area contributed by atoms with Crippen molar-refractivity contribution in [3.05, 3.63) is 53.6 Å². The van der Waals surface area contributed by atoms with E-state index in [1.807, 2.05) is 37.3 Å². The molecule has 9 heteroatoms. The van der Waals surface area contributed by atoms with Crippen LogP contribution in [0.1, 0.15) is 84.6 Å². The molecular weight excluding hydrogens is 622 g/mol. The van der Waals surface area contributed by atoms with Gasteiger partial charge in [0.25, 0.3) is 0 Å². The number of aliphatic hydroxyl groups excluding tert-OH is 1. The summed E-state index contributed by atoms with van der Waals surface area (Å²) in [6.45, 7) is 7.86. The number of Topliss-reactive ketones (excluding diaryl/α,β-unsaturated/α-hetero) is 1. The van der Waals surface area contributed by atoms with Crippen molar-refractivity contribution in [3.63, 3.8) is 0 Å². The van der Waals surface area contributed by atoms with Gasteiger partial charge in [-0.2, -0.15) is 0 Å². The van der Waals surface area contributed by atoms with Crippen LogP contribution in [0.25, 0.3) is 0 Å². The first kappa shape index (κ1) is 37.4. The van der Waals surface area contributed by atoms with Gasteiger partial charge >= 0.3 is 5.97 Å². The molecule has 0 saturated heterocycles. The van der Waals surface area contributed by atoms with Crippen molar-refractivity contribution in [2.24, 2.45) is 40.4 Å². The number of ether oxygens (including phenoxy) is 2. The molecule has 0 unspecified atom stereocenters. The number of benzene rings is 1. The molecule has 1 aromatic carbocycles. The smallest absolute Gasteiger partial charge is 0.303 e. The van der Waals surface area contributed by atoms with E-state index in [1.165, 1.54) is 13.3 Å². The average molecular weight is 680 g/mol. The highest BCUT2D eigenvalue weighted by Gasteiger charge is 2.68. The summed E-state index contributed by atoms with van der Waals surface area (Å²) < 4.78 is 10.2. The van der Waals surface area contributed by atoms with E-state index in [4.69, 9.17) is 9.47 Å². The Kier molecular flexibility index (Phi) is 10.7. The molecule has 4 saturated carbocycles. The lowest BCUT2D eigenvalue weighted by Gasteiger charge is -2.60. The van der Waals surface area contributed by atoms with Gasteiger partial charge in [-0.3, -0.25) is 14.4 Å². The van der Waals surface area contributed by atoms with E-state index < -0.39 is 46.5 Å². The molecular formula is C40H57NO8. The van der Waals surface area contributed by atoms with Gasteiger partial charge in [-0.05, 0) is 100 Å². The second kappa shape index (κ2) is 14.0. The summed E-state index contributed by atoms with van der Waals surface area (Å²) in [6.07, 6.45) is 11.0. The summed E-state index contributed by atoms with van der Waals surface area (Å²) in [5, 5.41) is 34.1. The number of hydrogen-bond acceptors (Lipinski definition) is 9. The topological polar surface area (TPSA) is 134 Å². The minimum atomic E-state index is -1.61. The van der Waals surface area contributed by atoms with Crippen molar-refractivity contribution in [1.29, 1.82) is 0 Å². The van der Waals surface area contributed by atoms with Crippen molar-refractivity contribution in [3.8, 4) is 5.75 Å². The Balaban J connectivity index is 0.000000212. The van der Waals surface area contributed by atoms with Crippen molar-refractivity contribution >= 4 is 17.5 Å². The lowest BCUT2D eigenvalue weighted by molar-refractivity contribution is -0.182. The van der Waals surface area contributed by atoms with Gasteiger partial charge in [0.05, 0.1) is 18.8 Å². The van der Waals surface area contributed by atoms with Crippen LogP contribution >= 0.6 is 0 Å². The maximum Gasteiger partial charge on any atom is 0.303 e. The zero-order valence-corrected chi connectivity index (χ0v) is 30.4. The van der Waals surface area contributed by atoms with Gasteiger partial charge in [-0.25, -0.2) is 0 Å². The van der Waals surface area contributed by atoms with E-state index in [-0.39, 0.29) is 29.5 Å².